The van der Waals surface area contributed by atoms with Crippen molar-refractivity contribution >= 4 is 39.2 Å². The van der Waals surface area contributed by atoms with Gasteiger partial charge in [0.1, 0.15) is 5.60 Å². The summed E-state index contributed by atoms with van der Waals surface area (Å²) in [5.41, 5.74) is 0.0328. The topological polar surface area (TPSA) is 52.6 Å². The molecule has 2 N–H and O–H groups in total. The molecule has 2 fully saturated rings. The van der Waals surface area contributed by atoms with Crippen molar-refractivity contribution in [2.75, 3.05) is 18.4 Å². The van der Waals surface area contributed by atoms with Crippen molar-refractivity contribution in [3.05, 3.63) is 27.7 Å². The van der Waals surface area contributed by atoms with Crippen LogP contribution in [0.2, 0.25) is 5.02 Å². The molecule has 2 aliphatic rings. The Morgan fingerprint density at radius 2 is 2.16 bits per heavy atom. The van der Waals surface area contributed by atoms with Crippen LogP contribution in [0.15, 0.2) is 22.7 Å². The van der Waals surface area contributed by atoms with Gasteiger partial charge in [-0.2, -0.15) is 0 Å². The van der Waals surface area contributed by atoms with Crippen molar-refractivity contribution < 1.29 is 9.90 Å². The fraction of sp³-hybridized carbons (Fsp3) is 0.462. The number of β-amino-alcohol motifs (C(OH)–C–C–N with tert-alkyl or cyclic N) is 1. The number of amides is 2. The number of halogens is 2. The first-order valence-electron chi connectivity index (χ1n) is 6.21. The van der Waals surface area contributed by atoms with Crippen LogP contribution in [-0.2, 0) is 0 Å². The SMILES string of the molecule is O=C(Nc1ccc(Cl)cc1Br)N1CC(O)(C2CC2)C1. The molecule has 1 saturated heterocycles. The van der Waals surface area contributed by atoms with Crippen molar-refractivity contribution in [1.82, 2.24) is 4.90 Å². The lowest BCUT2D eigenvalue weighted by molar-refractivity contribution is -0.0897. The van der Waals surface area contributed by atoms with E-state index in [0.29, 0.717) is 29.7 Å². The molecule has 2 amide bonds. The summed E-state index contributed by atoms with van der Waals surface area (Å²) < 4.78 is 0.742. The van der Waals surface area contributed by atoms with Gasteiger partial charge in [-0.25, -0.2) is 4.79 Å². The van der Waals surface area contributed by atoms with Gasteiger partial charge in [-0.15, -0.1) is 0 Å². The molecular weight excluding hydrogens is 332 g/mol. The standard InChI is InChI=1S/C13H14BrClN2O2/c14-10-5-9(15)3-4-11(10)16-12(18)17-6-13(19,7-17)8-1-2-8/h3-5,8,19H,1-2,6-7H2,(H,16,18). The molecule has 1 aromatic carbocycles. The molecular formula is C13H14BrClN2O2. The zero-order valence-electron chi connectivity index (χ0n) is 10.2. The highest BCUT2D eigenvalue weighted by Crippen LogP contribution is 2.44. The van der Waals surface area contributed by atoms with E-state index in [1.165, 1.54) is 0 Å². The molecule has 0 spiro atoms. The largest absolute Gasteiger partial charge is 0.386 e. The molecule has 3 rings (SSSR count). The fourth-order valence-corrected chi connectivity index (χ4v) is 3.20. The average molecular weight is 346 g/mol. The number of likely N-dealkylation sites (tertiary alicyclic amines) is 1. The number of urea groups is 1. The molecule has 102 valence electrons. The van der Waals surface area contributed by atoms with E-state index in [0.717, 1.165) is 17.3 Å². The highest BCUT2D eigenvalue weighted by molar-refractivity contribution is 9.10. The third-order valence-electron chi connectivity index (χ3n) is 3.73. The Morgan fingerprint density at radius 1 is 1.47 bits per heavy atom. The quantitative estimate of drug-likeness (QED) is 0.865. The van der Waals surface area contributed by atoms with Gasteiger partial charge in [0.15, 0.2) is 0 Å². The maximum atomic E-state index is 12.0. The molecule has 0 radical (unpaired) electrons. The predicted octanol–water partition coefficient (Wildman–Crippen LogP) is 3.09. The smallest absolute Gasteiger partial charge is 0.322 e. The van der Waals surface area contributed by atoms with E-state index in [1.807, 2.05) is 0 Å². The van der Waals surface area contributed by atoms with Crippen LogP contribution in [0.1, 0.15) is 12.8 Å². The van der Waals surface area contributed by atoms with E-state index in [9.17, 15) is 9.90 Å². The lowest BCUT2D eigenvalue weighted by Crippen LogP contribution is -2.65. The maximum absolute atomic E-state index is 12.0. The van der Waals surface area contributed by atoms with Crippen LogP contribution in [0.25, 0.3) is 0 Å². The molecule has 0 unspecified atom stereocenters. The van der Waals surface area contributed by atoms with Crippen LogP contribution in [0.4, 0.5) is 10.5 Å². The predicted molar refractivity (Wildman–Crippen MR) is 77.4 cm³/mol. The first-order valence-corrected chi connectivity index (χ1v) is 7.38. The normalized spacial score (nSPS) is 20.9. The van der Waals surface area contributed by atoms with Crippen molar-refractivity contribution in [2.24, 2.45) is 5.92 Å². The van der Waals surface area contributed by atoms with Crippen LogP contribution in [0.5, 0.6) is 0 Å². The number of nitrogens with one attached hydrogen (secondary N) is 1. The minimum atomic E-state index is -0.644. The van der Waals surface area contributed by atoms with Gasteiger partial charge in [-0.1, -0.05) is 11.6 Å². The minimum absolute atomic E-state index is 0.187. The molecule has 1 heterocycles. The lowest BCUT2D eigenvalue weighted by atomic mass is 9.89. The van der Waals surface area contributed by atoms with Crippen LogP contribution in [-0.4, -0.2) is 34.7 Å². The zero-order chi connectivity index (χ0) is 13.6. The number of anilines is 1. The van der Waals surface area contributed by atoms with Gasteiger partial charge in [-0.3, -0.25) is 0 Å². The molecule has 19 heavy (non-hydrogen) atoms. The number of nitrogens with zero attached hydrogens (tertiary/aromatic N) is 1. The van der Waals surface area contributed by atoms with E-state index in [4.69, 9.17) is 11.6 Å². The molecule has 1 aliphatic heterocycles. The molecule has 1 saturated carbocycles. The monoisotopic (exact) mass is 344 g/mol. The van der Waals surface area contributed by atoms with Gasteiger partial charge in [0.25, 0.3) is 0 Å². The van der Waals surface area contributed by atoms with E-state index in [-0.39, 0.29) is 6.03 Å². The Balaban J connectivity index is 1.60. The number of hydrogen-bond donors (Lipinski definition) is 2. The first-order chi connectivity index (χ1) is 8.98. The fourth-order valence-electron chi connectivity index (χ4n) is 2.42. The second kappa shape index (κ2) is 4.65. The van der Waals surface area contributed by atoms with E-state index < -0.39 is 5.60 Å². The second-order valence-electron chi connectivity index (χ2n) is 5.29. The summed E-state index contributed by atoms with van der Waals surface area (Å²) in [7, 11) is 0. The maximum Gasteiger partial charge on any atom is 0.322 e. The number of carbonyl (C=O) groups is 1. The van der Waals surface area contributed by atoms with Gasteiger partial charge in [0.05, 0.1) is 18.8 Å². The first kappa shape index (κ1) is 13.2. The van der Waals surface area contributed by atoms with Gasteiger partial charge in [0, 0.05) is 9.50 Å². The van der Waals surface area contributed by atoms with Gasteiger partial charge in [-0.05, 0) is 52.9 Å². The Labute approximate surface area is 124 Å². The minimum Gasteiger partial charge on any atom is -0.386 e. The van der Waals surface area contributed by atoms with Gasteiger partial charge >= 0.3 is 6.03 Å². The van der Waals surface area contributed by atoms with Gasteiger partial charge in [0.2, 0.25) is 0 Å². The van der Waals surface area contributed by atoms with Crippen LogP contribution in [0.3, 0.4) is 0 Å². The molecule has 0 aromatic heterocycles. The average Bonchev–Trinajstić information content (AvgIpc) is 3.12. The van der Waals surface area contributed by atoms with Crippen LogP contribution < -0.4 is 5.32 Å². The van der Waals surface area contributed by atoms with Crippen molar-refractivity contribution in [2.45, 2.75) is 18.4 Å². The number of rotatable bonds is 2. The van der Waals surface area contributed by atoms with E-state index in [2.05, 4.69) is 21.2 Å². The summed E-state index contributed by atoms with van der Waals surface area (Å²) in [6.07, 6.45) is 2.16. The third-order valence-corrected chi connectivity index (χ3v) is 4.62. The van der Waals surface area contributed by atoms with Crippen molar-refractivity contribution in [3.8, 4) is 0 Å². The van der Waals surface area contributed by atoms with Crippen LogP contribution >= 0.6 is 27.5 Å². The second-order valence-corrected chi connectivity index (χ2v) is 6.58. The summed E-state index contributed by atoms with van der Waals surface area (Å²) in [4.78, 5) is 13.6. The number of hydrogen-bond acceptors (Lipinski definition) is 2. The zero-order valence-corrected chi connectivity index (χ0v) is 12.5. The Kier molecular flexibility index (Phi) is 3.23. The highest BCUT2D eigenvalue weighted by Gasteiger charge is 2.53. The molecule has 6 heteroatoms. The summed E-state index contributed by atoms with van der Waals surface area (Å²) >= 11 is 9.20. The Bertz CT molecular complexity index is 527. The van der Waals surface area contributed by atoms with Crippen molar-refractivity contribution in [3.63, 3.8) is 0 Å². The molecule has 1 aliphatic carbocycles. The van der Waals surface area contributed by atoms with E-state index >= 15 is 0 Å². The van der Waals surface area contributed by atoms with Gasteiger partial charge < -0.3 is 15.3 Å². The third kappa shape index (κ3) is 2.59. The molecule has 0 bridgehead atoms. The number of aliphatic hydroxyl groups is 1. The van der Waals surface area contributed by atoms with E-state index in [1.54, 1.807) is 23.1 Å². The summed E-state index contributed by atoms with van der Waals surface area (Å²) in [5.74, 6) is 0.388. The molecule has 4 nitrogen and oxygen atoms in total. The summed E-state index contributed by atoms with van der Waals surface area (Å²) in [6, 6.07) is 5.01. The molecule has 0 atom stereocenters. The van der Waals surface area contributed by atoms with Crippen molar-refractivity contribution in [1.29, 1.82) is 0 Å². The number of carbonyl (C=O) groups excluding carboxylic acids is 1. The highest BCUT2D eigenvalue weighted by atomic mass is 79.9. The Morgan fingerprint density at radius 3 is 2.74 bits per heavy atom. The summed E-state index contributed by atoms with van der Waals surface area (Å²) in [6.45, 7) is 0.851. The summed E-state index contributed by atoms with van der Waals surface area (Å²) in [5, 5.41) is 13.6. The Hall–Kier alpha value is -0.780. The number of benzene rings is 1. The van der Waals surface area contributed by atoms with Crippen LogP contribution in [0, 0.1) is 5.92 Å². The molecule has 1 aromatic rings. The lowest BCUT2D eigenvalue weighted by Gasteiger charge is -2.46.